The Morgan fingerprint density at radius 3 is 2.29 bits per heavy atom. The first kappa shape index (κ1) is 13.8. The first-order valence-electron chi connectivity index (χ1n) is 5.40. The van der Waals surface area contributed by atoms with E-state index in [1.807, 2.05) is 0 Å². The zero-order valence-electron chi connectivity index (χ0n) is 9.33. The predicted molar refractivity (Wildman–Crippen MR) is 58.0 cm³/mol. The molecule has 1 aromatic carbocycles. The first-order valence-corrected chi connectivity index (χ1v) is 5.40. The normalized spacial score (nSPS) is 11.5. The van der Waals surface area contributed by atoms with E-state index in [4.69, 9.17) is 9.84 Å². The van der Waals surface area contributed by atoms with Crippen LogP contribution >= 0.6 is 0 Å². The number of rotatable bonds is 6. The minimum atomic E-state index is -4.12. The number of aliphatic hydroxyl groups is 1. The second-order valence-electron chi connectivity index (χ2n) is 3.68. The van der Waals surface area contributed by atoms with Crippen molar-refractivity contribution in [3.63, 3.8) is 0 Å². The van der Waals surface area contributed by atoms with Crippen LogP contribution in [0.15, 0.2) is 24.3 Å². The first-order chi connectivity index (χ1) is 8.01. The van der Waals surface area contributed by atoms with E-state index in [0.717, 1.165) is 5.56 Å². The van der Waals surface area contributed by atoms with Gasteiger partial charge in [0.1, 0.15) is 5.75 Å². The van der Waals surface area contributed by atoms with E-state index in [2.05, 4.69) is 0 Å². The number of aliphatic hydroxyl groups excluding tert-OH is 1. The van der Waals surface area contributed by atoms with E-state index in [-0.39, 0.29) is 19.6 Å². The smallest absolute Gasteiger partial charge is 0.389 e. The molecule has 0 saturated carbocycles. The van der Waals surface area contributed by atoms with Gasteiger partial charge in [-0.2, -0.15) is 13.2 Å². The number of hydrogen-bond acceptors (Lipinski definition) is 2. The fourth-order valence-corrected chi connectivity index (χ4v) is 1.34. The number of benzene rings is 1. The Bertz CT molecular complexity index is 320. The standard InChI is InChI=1S/C12H15F3O2/c13-12(14,15)7-1-9-17-11-4-2-10(3-5-11)6-8-16/h2-5,16H,1,6-9H2. The molecule has 0 aliphatic carbocycles. The highest BCUT2D eigenvalue weighted by Crippen LogP contribution is 2.21. The second kappa shape index (κ2) is 6.49. The molecular weight excluding hydrogens is 233 g/mol. The maximum absolute atomic E-state index is 11.8. The Hall–Kier alpha value is -1.23. The highest BCUT2D eigenvalue weighted by molar-refractivity contribution is 5.27. The highest BCUT2D eigenvalue weighted by Gasteiger charge is 2.25. The minimum Gasteiger partial charge on any atom is -0.494 e. The zero-order valence-corrected chi connectivity index (χ0v) is 9.33. The van der Waals surface area contributed by atoms with Gasteiger partial charge >= 0.3 is 6.18 Å². The van der Waals surface area contributed by atoms with Crippen LogP contribution in [0.5, 0.6) is 5.75 Å². The Kier molecular flexibility index (Phi) is 5.28. The molecular formula is C12H15F3O2. The summed E-state index contributed by atoms with van der Waals surface area (Å²) in [6, 6.07) is 6.96. The SMILES string of the molecule is OCCc1ccc(OCCCC(F)(F)F)cc1. The molecule has 0 aromatic heterocycles. The van der Waals surface area contributed by atoms with E-state index in [0.29, 0.717) is 12.2 Å². The molecule has 0 aliphatic rings. The lowest BCUT2D eigenvalue weighted by molar-refractivity contribution is -0.136. The van der Waals surface area contributed by atoms with E-state index < -0.39 is 12.6 Å². The van der Waals surface area contributed by atoms with Gasteiger partial charge in [0.05, 0.1) is 6.61 Å². The van der Waals surface area contributed by atoms with Crippen molar-refractivity contribution in [1.29, 1.82) is 0 Å². The summed E-state index contributed by atoms with van der Waals surface area (Å²) in [4.78, 5) is 0. The summed E-state index contributed by atoms with van der Waals surface area (Å²) in [6.07, 6.45) is -4.42. The van der Waals surface area contributed by atoms with E-state index >= 15 is 0 Å². The third kappa shape index (κ3) is 6.16. The van der Waals surface area contributed by atoms with E-state index in [1.54, 1.807) is 24.3 Å². The summed E-state index contributed by atoms with van der Waals surface area (Å²) in [5, 5.41) is 8.70. The largest absolute Gasteiger partial charge is 0.494 e. The van der Waals surface area contributed by atoms with Crippen molar-refractivity contribution in [2.45, 2.75) is 25.4 Å². The molecule has 0 radical (unpaired) electrons. The second-order valence-corrected chi connectivity index (χ2v) is 3.68. The highest BCUT2D eigenvalue weighted by atomic mass is 19.4. The van der Waals surface area contributed by atoms with Gasteiger partial charge in [-0.25, -0.2) is 0 Å². The zero-order chi connectivity index (χ0) is 12.7. The lowest BCUT2D eigenvalue weighted by Gasteiger charge is -2.08. The molecule has 0 aliphatic heterocycles. The van der Waals surface area contributed by atoms with E-state index in [9.17, 15) is 13.2 Å². The van der Waals surface area contributed by atoms with Crippen LogP contribution in [0.2, 0.25) is 0 Å². The van der Waals surface area contributed by atoms with Gasteiger partial charge in [-0.15, -0.1) is 0 Å². The number of halogens is 3. The maximum Gasteiger partial charge on any atom is 0.389 e. The summed E-state index contributed by atoms with van der Waals surface area (Å²) >= 11 is 0. The molecule has 96 valence electrons. The third-order valence-electron chi connectivity index (χ3n) is 2.20. The number of ether oxygens (including phenoxy) is 1. The molecule has 0 bridgehead atoms. The van der Waals surface area contributed by atoms with Crippen molar-refractivity contribution in [1.82, 2.24) is 0 Å². The molecule has 0 amide bonds. The van der Waals surface area contributed by atoms with Gasteiger partial charge in [-0.3, -0.25) is 0 Å². The van der Waals surface area contributed by atoms with Crippen LogP contribution in [-0.2, 0) is 6.42 Å². The molecule has 1 N–H and O–H groups in total. The summed E-state index contributed by atoms with van der Waals surface area (Å²) in [5.41, 5.74) is 0.968. The van der Waals surface area contributed by atoms with Crippen molar-refractivity contribution in [2.24, 2.45) is 0 Å². The van der Waals surface area contributed by atoms with Crippen LogP contribution in [-0.4, -0.2) is 24.5 Å². The third-order valence-corrected chi connectivity index (χ3v) is 2.20. The molecule has 0 atom stereocenters. The van der Waals surface area contributed by atoms with E-state index in [1.165, 1.54) is 0 Å². The van der Waals surface area contributed by atoms with Gasteiger partial charge < -0.3 is 9.84 Å². The Morgan fingerprint density at radius 1 is 1.12 bits per heavy atom. The summed E-state index contributed by atoms with van der Waals surface area (Å²) in [5.74, 6) is 0.550. The van der Waals surface area contributed by atoms with Crippen LogP contribution in [0, 0.1) is 0 Å². The molecule has 17 heavy (non-hydrogen) atoms. The summed E-state index contributed by atoms with van der Waals surface area (Å²) in [7, 11) is 0. The summed E-state index contributed by atoms with van der Waals surface area (Å²) < 4.78 is 40.7. The number of hydrogen-bond donors (Lipinski definition) is 1. The monoisotopic (exact) mass is 248 g/mol. The Morgan fingerprint density at radius 2 is 1.76 bits per heavy atom. The number of alkyl halides is 3. The fraction of sp³-hybridized carbons (Fsp3) is 0.500. The van der Waals surface area contributed by atoms with Crippen molar-refractivity contribution in [2.75, 3.05) is 13.2 Å². The molecule has 0 spiro atoms. The lowest BCUT2D eigenvalue weighted by atomic mass is 10.1. The van der Waals surface area contributed by atoms with Gasteiger partial charge in [0.15, 0.2) is 0 Å². The van der Waals surface area contributed by atoms with Crippen LogP contribution in [0.1, 0.15) is 18.4 Å². The fourth-order valence-electron chi connectivity index (χ4n) is 1.34. The van der Waals surface area contributed by atoms with Crippen LogP contribution in [0.25, 0.3) is 0 Å². The minimum absolute atomic E-state index is 0.0398. The van der Waals surface area contributed by atoms with Crippen molar-refractivity contribution >= 4 is 0 Å². The molecule has 0 fully saturated rings. The van der Waals surface area contributed by atoms with Crippen LogP contribution < -0.4 is 4.74 Å². The molecule has 2 nitrogen and oxygen atoms in total. The molecule has 0 unspecified atom stereocenters. The molecule has 5 heteroatoms. The predicted octanol–water partition coefficient (Wildman–Crippen LogP) is 2.94. The van der Waals surface area contributed by atoms with Gasteiger partial charge in [-0.1, -0.05) is 12.1 Å². The average Bonchev–Trinajstić information content (AvgIpc) is 2.26. The van der Waals surface area contributed by atoms with Gasteiger partial charge in [0.2, 0.25) is 0 Å². The van der Waals surface area contributed by atoms with Gasteiger partial charge in [-0.05, 0) is 30.5 Å². The summed E-state index contributed by atoms with van der Waals surface area (Å²) in [6.45, 7) is 0.130. The van der Waals surface area contributed by atoms with Crippen LogP contribution in [0.4, 0.5) is 13.2 Å². The Balaban J connectivity index is 2.27. The van der Waals surface area contributed by atoms with Crippen LogP contribution in [0.3, 0.4) is 0 Å². The molecule has 1 rings (SSSR count). The van der Waals surface area contributed by atoms with Gasteiger partial charge in [0, 0.05) is 13.0 Å². The van der Waals surface area contributed by atoms with Crippen molar-refractivity contribution in [3.05, 3.63) is 29.8 Å². The quantitative estimate of drug-likeness (QED) is 0.784. The molecule has 1 aromatic rings. The van der Waals surface area contributed by atoms with Crippen molar-refractivity contribution < 1.29 is 23.0 Å². The Labute approximate surface area is 98.0 Å². The maximum atomic E-state index is 11.8. The molecule has 0 heterocycles. The average molecular weight is 248 g/mol. The molecule has 0 saturated heterocycles. The topological polar surface area (TPSA) is 29.5 Å². The lowest BCUT2D eigenvalue weighted by Crippen LogP contribution is -2.09. The van der Waals surface area contributed by atoms with Crippen molar-refractivity contribution in [3.8, 4) is 5.75 Å². The van der Waals surface area contributed by atoms with Gasteiger partial charge in [0.25, 0.3) is 0 Å².